The number of carbonyl (C=O) groups is 1. The van der Waals surface area contributed by atoms with Gasteiger partial charge in [0, 0.05) is 21.9 Å². The Kier molecular flexibility index (Phi) is 4.02. The number of hydrogen-bond donors (Lipinski definition) is 1. The maximum atomic E-state index is 11.9. The zero-order valence-electron chi connectivity index (χ0n) is 9.24. The lowest BCUT2D eigenvalue weighted by atomic mass is 10.2. The summed E-state index contributed by atoms with van der Waals surface area (Å²) in [7, 11) is 0. The summed E-state index contributed by atoms with van der Waals surface area (Å²) >= 11 is 4.76. The van der Waals surface area contributed by atoms with Crippen molar-refractivity contribution < 1.29 is 4.79 Å². The van der Waals surface area contributed by atoms with Gasteiger partial charge in [0.1, 0.15) is 0 Å². The first-order valence-electron chi connectivity index (χ1n) is 5.08. The molecule has 0 saturated heterocycles. The summed E-state index contributed by atoms with van der Waals surface area (Å²) in [6.45, 7) is 1.94. The number of ketones is 1. The van der Waals surface area contributed by atoms with Gasteiger partial charge in [0.25, 0.3) is 0 Å². The zero-order chi connectivity index (χ0) is 12.3. The van der Waals surface area contributed by atoms with Crippen LogP contribution in [0.2, 0.25) is 0 Å². The van der Waals surface area contributed by atoms with Gasteiger partial charge in [0.05, 0.1) is 5.75 Å². The molecule has 17 heavy (non-hydrogen) atoms. The molecule has 0 fully saturated rings. The van der Waals surface area contributed by atoms with E-state index in [-0.39, 0.29) is 5.78 Å². The van der Waals surface area contributed by atoms with Crippen LogP contribution in [0.4, 0.5) is 0 Å². The van der Waals surface area contributed by atoms with Crippen LogP contribution in [0.25, 0.3) is 0 Å². The summed E-state index contributed by atoms with van der Waals surface area (Å²) in [6.07, 6.45) is 1.76. The monoisotopic (exact) mass is 310 g/mol. The Balaban J connectivity index is 1.95. The highest BCUT2D eigenvalue weighted by Crippen LogP contribution is 2.17. The number of benzene rings is 1. The van der Waals surface area contributed by atoms with Crippen LogP contribution in [0.1, 0.15) is 16.1 Å². The molecule has 88 valence electrons. The average molecular weight is 311 g/mol. The van der Waals surface area contributed by atoms with E-state index in [0.29, 0.717) is 5.75 Å². The van der Waals surface area contributed by atoms with Crippen molar-refractivity contribution in [3.63, 3.8) is 0 Å². The fraction of sp³-hybridized carbons (Fsp3) is 0.167. The molecule has 5 heteroatoms. The summed E-state index contributed by atoms with van der Waals surface area (Å²) in [4.78, 5) is 19.1. The van der Waals surface area contributed by atoms with Crippen LogP contribution in [0, 0.1) is 6.92 Å². The second-order valence-electron chi connectivity index (χ2n) is 3.59. The lowest BCUT2D eigenvalue weighted by molar-refractivity contribution is 0.102. The molecule has 0 spiro atoms. The normalized spacial score (nSPS) is 10.5. The average Bonchev–Trinajstić information content (AvgIpc) is 2.73. The largest absolute Gasteiger partial charge is 0.337 e. The molecule has 0 radical (unpaired) electrons. The smallest absolute Gasteiger partial charge is 0.173 e. The number of rotatable bonds is 4. The van der Waals surface area contributed by atoms with Crippen LogP contribution in [0.5, 0.6) is 0 Å². The van der Waals surface area contributed by atoms with Crippen molar-refractivity contribution >= 4 is 33.5 Å². The summed E-state index contributed by atoms with van der Waals surface area (Å²) in [5.41, 5.74) is 1.73. The van der Waals surface area contributed by atoms with E-state index in [2.05, 4.69) is 25.9 Å². The van der Waals surface area contributed by atoms with Gasteiger partial charge >= 0.3 is 0 Å². The Bertz CT molecular complexity index is 522. The highest BCUT2D eigenvalue weighted by Gasteiger charge is 2.07. The van der Waals surface area contributed by atoms with Gasteiger partial charge in [-0.15, -0.1) is 0 Å². The number of imidazole rings is 1. The first-order chi connectivity index (χ1) is 8.15. The second kappa shape index (κ2) is 5.51. The molecule has 2 rings (SSSR count). The number of thioether (sulfide) groups is 1. The summed E-state index contributed by atoms with van der Waals surface area (Å²) < 4.78 is 0.975. The highest BCUT2D eigenvalue weighted by atomic mass is 79.9. The van der Waals surface area contributed by atoms with Gasteiger partial charge < -0.3 is 4.98 Å². The third kappa shape index (κ3) is 3.44. The number of H-pyrrole nitrogens is 1. The number of carbonyl (C=O) groups excluding carboxylic acids is 1. The number of hydrogen-bond acceptors (Lipinski definition) is 3. The van der Waals surface area contributed by atoms with Crippen LogP contribution in [0.15, 0.2) is 40.1 Å². The van der Waals surface area contributed by atoms with Crippen LogP contribution in [-0.2, 0) is 0 Å². The molecule has 0 aliphatic heterocycles. The molecule has 1 aromatic heterocycles. The number of nitrogens with zero attached hydrogens (tertiary/aromatic N) is 1. The Labute approximate surface area is 112 Å². The minimum Gasteiger partial charge on any atom is -0.337 e. The Morgan fingerprint density at radius 3 is 2.71 bits per heavy atom. The molecule has 2 aromatic rings. The molecule has 1 aromatic carbocycles. The molecule has 0 aliphatic carbocycles. The van der Waals surface area contributed by atoms with E-state index in [4.69, 9.17) is 0 Å². The molecule has 0 amide bonds. The van der Waals surface area contributed by atoms with Crippen molar-refractivity contribution in [1.82, 2.24) is 9.97 Å². The molecule has 3 nitrogen and oxygen atoms in total. The number of aryl methyl sites for hydroxylation is 1. The van der Waals surface area contributed by atoms with Gasteiger partial charge in [-0.05, 0) is 19.1 Å². The van der Waals surface area contributed by atoms with E-state index in [1.165, 1.54) is 11.8 Å². The van der Waals surface area contributed by atoms with Crippen molar-refractivity contribution in [2.75, 3.05) is 5.75 Å². The van der Waals surface area contributed by atoms with Gasteiger partial charge in [-0.3, -0.25) is 4.79 Å². The van der Waals surface area contributed by atoms with Gasteiger partial charge in [-0.1, -0.05) is 39.8 Å². The van der Waals surface area contributed by atoms with Gasteiger partial charge in [0.2, 0.25) is 0 Å². The fourth-order valence-corrected chi connectivity index (χ4v) is 2.37. The summed E-state index contributed by atoms with van der Waals surface area (Å²) in [6, 6.07) is 7.38. The van der Waals surface area contributed by atoms with E-state index in [9.17, 15) is 4.79 Å². The number of nitrogens with one attached hydrogen (secondary N) is 1. The second-order valence-corrected chi connectivity index (χ2v) is 5.47. The first kappa shape index (κ1) is 12.4. The minimum absolute atomic E-state index is 0.108. The van der Waals surface area contributed by atoms with E-state index < -0.39 is 0 Å². The number of aromatic nitrogens is 2. The molecule has 0 saturated carbocycles. The van der Waals surface area contributed by atoms with E-state index in [1.807, 2.05) is 31.2 Å². The maximum absolute atomic E-state index is 11.9. The SMILES string of the molecule is Cc1cnc(SCC(=O)c2ccc(Br)cc2)[nH]1. The van der Waals surface area contributed by atoms with Crippen molar-refractivity contribution in [3.05, 3.63) is 46.2 Å². The molecule has 0 aliphatic rings. The van der Waals surface area contributed by atoms with Crippen LogP contribution < -0.4 is 0 Å². The van der Waals surface area contributed by atoms with E-state index in [0.717, 1.165) is 20.9 Å². The van der Waals surface area contributed by atoms with Crippen molar-refractivity contribution in [3.8, 4) is 0 Å². The van der Waals surface area contributed by atoms with Crippen LogP contribution in [-0.4, -0.2) is 21.5 Å². The van der Waals surface area contributed by atoms with Gasteiger partial charge in [-0.2, -0.15) is 0 Å². The lowest BCUT2D eigenvalue weighted by Gasteiger charge is -1.99. The fourth-order valence-electron chi connectivity index (χ4n) is 1.32. The standard InChI is InChI=1S/C12H11BrN2OS/c1-8-6-14-12(15-8)17-7-11(16)9-2-4-10(13)5-3-9/h2-6H,7H2,1H3,(H,14,15). The quantitative estimate of drug-likeness (QED) is 0.695. The molecule has 1 N–H and O–H groups in total. The van der Waals surface area contributed by atoms with Crippen LogP contribution in [0.3, 0.4) is 0 Å². The number of aromatic amines is 1. The number of Topliss-reactive ketones (excluding diaryl/α,β-unsaturated/α-hetero) is 1. The van der Waals surface area contributed by atoms with Gasteiger partial charge in [-0.25, -0.2) is 4.98 Å². The van der Waals surface area contributed by atoms with Gasteiger partial charge in [0.15, 0.2) is 10.9 Å². The molecule has 0 unspecified atom stereocenters. The molecular formula is C12H11BrN2OS. The Morgan fingerprint density at radius 1 is 1.41 bits per heavy atom. The lowest BCUT2D eigenvalue weighted by Crippen LogP contribution is -2.02. The van der Waals surface area contributed by atoms with Crippen molar-refractivity contribution in [2.45, 2.75) is 12.1 Å². The van der Waals surface area contributed by atoms with E-state index in [1.54, 1.807) is 6.20 Å². The summed E-state index contributed by atoms with van der Waals surface area (Å²) in [5.74, 6) is 0.505. The van der Waals surface area contributed by atoms with Crippen molar-refractivity contribution in [2.24, 2.45) is 0 Å². The predicted molar refractivity (Wildman–Crippen MR) is 72.5 cm³/mol. The minimum atomic E-state index is 0.108. The maximum Gasteiger partial charge on any atom is 0.173 e. The van der Waals surface area contributed by atoms with Crippen molar-refractivity contribution in [1.29, 1.82) is 0 Å². The molecule has 1 heterocycles. The number of halogens is 1. The summed E-state index contributed by atoms with van der Waals surface area (Å²) in [5, 5.41) is 0.785. The predicted octanol–water partition coefficient (Wildman–Crippen LogP) is 3.46. The molecular weight excluding hydrogens is 300 g/mol. The first-order valence-corrected chi connectivity index (χ1v) is 6.86. The third-order valence-corrected chi connectivity index (χ3v) is 3.60. The molecule has 0 bridgehead atoms. The van der Waals surface area contributed by atoms with Crippen LogP contribution >= 0.6 is 27.7 Å². The molecule has 0 atom stereocenters. The van der Waals surface area contributed by atoms with E-state index >= 15 is 0 Å². The Hall–Kier alpha value is -1.07. The Morgan fingerprint density at radius 2 is 2.12 bits per heavy atom. The highest BCUT2D eigenvalue weighted by molar-refractivity contribution is 9.10. The zero-order valence-corrected chi connectivity index (χ0v) is 11.6. The topological polar surface area (TPSA) is 45.8 Å². The third-order valence-electron chi connectivity index (χ3n) is 2.19.